The maximum absolute atomic E-state index is 7.00. The molecule has 0 aromatic rings. The van der Waals surface area contributed by atoms with Gasteiger partial charge in [-0.25, -0.2) is 0 Å². The molecule has 86 valence electrons. The Morgan fingerprint density at radius 2 is 1.29 bits per heavy atom. The lowest BCUT2D eigenvalue weighted by molar-refractivity contribution is 0.277. The van der Waals surface area contributed by atoms with Crippen LogP contribution in [0.5, 0.6) is 0 Å². The molecule has 1 N–H and O–H groups in total. The van der Waals surface area contributed by atoms with Crippen LogP contribution in [-0.4, -0.2) is 37.3 Å². The molecular formula is C12H27NO. The van der Waals surface area contributed by atoms with Gasteiger partial charge in [0.15, 0.2) is 0 Å². The van der Waals surface area contributed by atoms with Crippen LogP contribution in [0.3, 0.4) is 0 Å². The van der Waals surface area contributed by atoms with Crippen LogP contribution < -0.4 is 0 Å². The van der Waals surface area contributed by atoms with Crippen LogP contribution >= 0.6 is 0 Å². The van der Waals surface area contributed by atoms with Gasteiger partial charge in [-0.2, -0.15) is 0 Å². The van der Waals surface area contributed by atoms with E-state index in [1.807, 2.05) is 0 Å². The summed E-state index contributed by atoms with van der Waals surface area (Å²) in [6.07, 6.45) is 13.5. The molecule has 1 saturated heterocycles. The minimum Gasteiger partial charge on any atom is -0.400 e. The minimum atomic E-state index is 1.00. The van der Waals surface area contributed by atoms with Crippen LogP contribution in [0.4, 0.5) is 0 Å². The Morgan fingerprint density at radius 3 is 1.43 bits per heavy atom. The Labute approximate surface area is 90.3 Å². The number of hydrogen-bond donors (Lipinski definition) is 1. The van der Waals surface area contributed by atoms with Gasteiger partial charge >= 0.3 is 0 Å². The van der Waals surface area contributed by atoms with Gasteiger partial charge in [-0.15, -0.1) is 12.8 Å². The molecule has 1 rings (SSSR count). The number of terminal acetylenes is 1. The molecule has 0 spiro atoms. The second-order valence-electron chi connectivity index (χ2n) is 3.07. The van der Waals surface area contributed by atoms with Crippen molar-refractivity contribution in [3.63, 3.8) is 0 Å². The molecule has 1 fully saturated rings. The van der Waals surface area contributed by atoms with Crippen LogP contribution in [0, 0.1) is 12.8 Å². The first-order chi connectivity index (χ1) is 6.81. The van der Waals surface area contributed by atoms with Crippen molar-refractivity contribution in [1.82, 2.24) is 4.90 Å². The number of piperidine rings is 1. The molecule has 1 aliphatic heterocycles. The van der Waals surface area contributed by atoms with E-state index in [9.17, 15) is 0 Å². The van der Waals surface area contributed by atoms with Crippen molar-refractivity contribution in [2.75, 3.05) is 27.2 Å². The van der Waals surface area contributed by atoms with E-state index in [0.717, 1.165) is 7.11 Å². The number of hydrogen-bond acceptors (Lipinski definition) is 2. The fraction of sp³-hybridized carbons (Fsp3) is 0.833. The monoisotopic (exact) mass is 201 g/mol. The highest BCUT2D eigenvalue weighted by Crippen LogP contribution is 2.04. The number of likely N-dealkylation sites (tertiary alicyclic amines) is 1. The average Bonchev–Trinajstić information content (AvgIpc) is 2.26. The molecule has 0 amide bonds. The molecule has 14 heavy (non-hydrogen) atoms. The second kappa shape index (κ2) is 22.9. The zero-order chi connectivity index (χ0) is 11.8. The summed E-state index contributed by atoms with van der Waals surface area (Å²) >= 11 is 0. The van der Waals surface area contributed by atoms with Gasteiger partial charge in [0, 0.05) is 7.11 Å². The number of nitrogens with zero attached hydrogens (tertiary/aromatic N) is 1. The highest BCUT2D eigenvalue weighted by Gasteiger charge is 2.02. The van der Waals surface area contributed by atoms with Crippen molar-refractivity contribution in [1.29, 1.82) is 0 Å². The molecule has 0 aromatic carbocycles. The Balaban J connectivity index is -0.000000148. The molecular weight excluding hydrogens is 174 g/mol. The summed E-state index contributed by atoms with van der Waals surface area (Å²) in [6.45, 7) is 6.89. The predicted molar refractivity (Wildman–Crippen MR) is 65.3 cm³/mol. The van der Waals surface area contributed by atoms with Crippen LogP contribution in [0.1, 0.15) is 39.5 Å². The van der Waals surface area contributed by atoms with Gasteiger partial charge in [-0.3, -0.25) is 0 Å². The summed E-state index contributed by atoms with van der Waals surface area (Å²) < 4.78 is 0. The van der Waals surface area contributed by atoms with E-state index in [1.54, 1.807) is 0 Å². The lowest BCUT2D eigenvalue weighted by Crippen LogP contribution is -2.24. The van der Waals surface area contributed by atoms with Gasteiger partial charge in [0.1, 0.15) is 0 Å². The largest absolute Gasteiger partial charge is 0.400 e. The fourth-order valence-corrected chi connectivity index (χ4v) is 1.05. The Kier molecular flexibility index (Phi) is 31.2. The standard InChI is InChI=1S/C6H13N.C3H8.C2H2.CH4O/c1-7-5-3-2-4-6-7;1-3-2;2*1-2/h2-6H2,1H3;3H2,1-2H3;1-2H;2H,1H3. The van der Waals surface area contributed by atoms with Gasteiger partial charge in [-0.05, 0) is 33.0 Å². The zero-order valence-electron chi connectivity index (χ0n) is 10.3. The summed E-state index contributed by atoms with van der Waals surface area (Å²) in [6, 6.07) is 0. The van der Waals surface area contributed by atoms with E-state index >= 15 is 0 Å². The third-order valence-electron chi connectivity index (χ3n) is 1.58. The highest BCUT2D eigenvalue weighted by atomic mass is 16.2. The van der Waals surface area contributed by atoms with E-state index in [1.165, 1.54) is 38.8 Å². The van der Waals surface area contributed by atoms with E-state index in [-0.39, 0.29) is 0 Å². The third kappa shape index (κ3) is 22.5. The topological polar surface area (TPSA) is 23.5 Å². The Morgan fingerprint density at radius 1 is 1.00 bits per heavy atom. The molecule has 0 radical (unpaired) electrons. The first-order valence-corrected chi connectivity index (χ1v) is 5.27. The van der Waals surface area contributed by atoms with Gasteiger partial charge in [0.2, 0.25) is 0 Å². The first kappa shape index (κ1) is 19.1. The Bertz CT molecular complexity index is 85.6. The van der Waals surface area contributed by atoms with Gasteiger partial charge in [0.25, 0.3) is 0 Å². The molecule has 0 aliphatic carbocycles. The van der Waals surface area contributed by atoms with Crippen molar-refractivity contribution in [3.8, 4) is 12.8 Å². The first-order valence-electron chi connectivity index (χ1n) is 5.27. The summed E-state index contributed by atoms with van der Waals surface area (Å²) in [5.74, 6) is 0. The van der Waals surface area contributed by atoms with Crippen molar-refractivity contribution in [2.45, 2.75) is 39.5 Å². The molecule has 2 nitrogen and oxygen atoms in total. The Hall–Kier alpha value is -0.520. The number of aliphatic hydroxyl groups excluding tert-OH is 1. The molecule has 0 unspecified atom stereocenters. The number of aliphatic hydroxyl groups is 1. The normalized spacial score (nSPS) is 14.5. The summed E-state index contributed by atoms with van der Waals surface area (Å²) in [5.41, 5.74) is 0. The molecule has 1 aliphatic rings. The number of rotatable bonds is 0. The lowest BCUT2D eigenvalue weighted by Gasteiger charge is -2.20. The smallest absolute Gasteiger partial charge is 0.0319 e. The third-order valence-corrected chi connectivity index (χ3v) is 1.58. The maximum Gasteiger partial charge on any atom is 0.0319 e. The molecule has 0 aromatic heterocycles. The summed E-state index contributed by atoms with van der Waals surface area (Å²) in [5, 5.41) is 7.00. The predicted octanol–water partition coefficient (Wildman–Crippen LogP) is 2.38. The van der Waals surface area contributed by atoms with Crippen molar-refractivity contribution < 1.29 is 5.11 Å². The fourth-order valence-electron chi connectivity index (χ4n) is 1.05. The van der Waals surface area contributed by atoms with Crippen molar-refractivity contribution in [3.05, 3.63) is 0 Å². The molecule has 0 atom stereocenters. The van der Waals surface area contributed by atoms with Crippen LogP contribution in [-0.2, 0) is 0 Å². The molecule has 0 bridgehead atoms. The van der Waals surface area contributed by atoms with E-state index < -0.39 is 0 Å². The second-order valence-corrected chi connectivity index (χ2v) is 3.07. The highest BCUT2D eigenvalue weighted by molar-refractivity contribution is 4.58. The van der Waals surface area contributed by atoms with Gasteiger partial charge < -0.3 is 10.0 Å². The lowest BCUT2D eigenvalue weighted by atomic mass is 10.1. The minimum absolute atomic E-state index is 1.00. The summed E-state index contributed by atoms with van der Waals surface area (Å²) in [7, 11) is 3.19. The molecule has 1 heterocycles. The van der Waals surface area contributed by atoms with Gasteiger partial charge in [-0.1, -0.05) is 26.7 Å². The SMILES string of the molecule is C#C.CCC.CN1CCCCC1.CO. The van der Waals surface area contributed by atoms with Crippen LogP contribution in [0.25, 0.3) is 0 Å². The van der Waals surface area contributed by atoms with Crippen molar-refractivity contribution >= 4 is 0 Å². The maximum atomic E-state index is 7.00. The van der Waals surface area contributed by atoms with Crippen molar-refractivity contribution in [2.24, 2.45) is 0 Å². The van der Waals surface area contributed by atoms with E-state index in [0.29, 0.717) is 0 Å². The van der Waals surface area contributed by atoms with E-state index in [2.05, 4.69) is 38.6 Å². The molecule has 0 saturated carbocycles. The van der Waals surface area contributed by atoms with E-state index in [4.69, 9.17) is 5.11 Å². The molecule has 2 heteroatoms. The van der Waals surface area contributed by atoms with Crippen LogP contribution in [0.15, 0.2) is 0 Å². The summed E-state index contributed by atoms with van der Waals surface area (Å²) in [4.78, 5) is 2.39. The zero-order valence-corrected chi connectivity index (χ0v) is 10.3. The average molecular weight is 201 g/mol. The van der Waals surface area contributed by atoms with Crippen LogP contribution in [0.2, 0.25) is 0 Å². The van der Waals surface area contributed by atoms with Gasteiger partial charge in [0.05, 0.1) is 0 Å². The quantitative estimate of drug-likeness (QED) is 0.608.